The van der Waals surface area contributed by atoms with E-state index in [2.05, 4.69) is 10.4 Å². The summed E-state index contributed by atoms with van der Waals surface area (Å²) in [6.07, 6.45) is 6.43. The summed E-state index contributed by atoms with van der Waals surface area (Å²) in [4.78, 5) is 26.8. The van der Waals surface area contributed by atoms with Crippen LogP contribution in [-0.4, -0.2) is 72.9 Å². The first-order valence-electron chi connectivity index (χ1n) is 10.2. The number of nitrogens with one attached hydrogen (secondary N) is 1. The van der Waals surface area contributed by atoms with Gasteiger partial charge in [-0.05, 0) is 26.2 Å². The zero-order valence-electron chi connectivity index (χ0n) is 17.2. The average molecular weight is 403 g/mol. The monoisotopic (exact) mass is 403 g/mol. The van der Waals surface area contributed by atoms with Gasteiger partial charge in [0, 0.05) is 45.6 Å². The van der Waals surface area contributed by atoms with Crippen LogP contribution in [0.2, 0.25) is 0 Å². The molecule has 0 aromatic carbocycles. The Bertz CT molecular complexity index is 927. The minimum Gasteiger partial charge on any atom is -0.388 e. The molecule has 2 aromatic rings. The predicted octanol–water partition coefficient (Wildman–Crippen LogP) is 0.714. The number of rotatable bonds is 3. The lowest BCUT2D eigenvalue weighted by atomic mass is 9.73. The lowest BCUT2D eigenvalue weighted by Crippen LogP contribution is -2.69. The van der Waals surface area contributed by atoms with Gasteiger partial charge in [-0.1, -0.05) is 6.92 Å². The third-order valence-electron chi connectivity index (χ3n) is 6.52. The Morgan fingerprint density at radius 3 is 2.72 bits per heavy atom. The summed E-state index contributed by atoms with van der Waals surface area (Å²) < 4.78 is 9.63. The molecule has 2 aliphatic rings. The molecule has 0 aliphatic carbocycles. The van der Waals surface area contributed by atoms with E-state index < -0.39 is 17.2 Å². The van der Waals surface area contributed by atoms with Crippen molar-refractivity contribution in [2.45, 2.75) is 56.8 Å². The van der Waals surface area contributed by atoms with Crippen LogP contribution in [-0.2, 0) is 16.6 Å². The molecule has 29 heavy (non-hydrogen) atoms. The minimum absolute atomic E-state index is 0.0657. The second kappa shape index (κ2) is 7.14. The number of nitrogens with zero attached hydrogens (tertiary/aromatic N) is 4. The van der Waals surface area contributed by atoms with Crippen LogP contribution in [0.4, 0.5) is 0 Å². The van der Waals surface area contributed by atoms with Crippen molar-refractivity contribution >= 4 is 17.5 Å². The zero-order valence-corrected chi connectivity index (χ0v) is 17.2. The molecule has 4 heterocycles. The van der Waals surface area contributed by atoms with Crippen LogP contribution in [0.5, 0.6) is 0 Å². The molecule has 0 saturated carbocycles. The van der Waals surface area contributed by atoms with Gasteiger partial charge in [0.1, 0.15) is 17.3 Å². The van der Waals surface area contributed by atoms with Gasteiger partial charge in [-0.25, -0.2) is 4.52 Å². The van der Waals surface area contributed by atoms with Crippen molar-refractivity contribution in [1.82, 2.24) is 24.4 Å². The average Bonchev–Trinajstić information content (AvgIpc) is 3.29. The molecular weight excluding hydrogens is 374 g/mol. The van der Waals surface area contributed by atoms with Crippen LogP contribution in [0.1, 0.15) is 49.9 Å². The van der Waals surface area contributed by atoms with Gasteiger partial charge < -0.3 is 24.6 Å². The van der Waals surface area contributed by atoms with Gasteiger partial charge in [0.25, 0.3) is 5.91 Å². The number of aliphatic hydroxyl groups excluding tert-OH is 1. The molecule has 9 heteroatoms. The van der Waals surface area contributed by atoms with E-state index in [4.69, 9.17) is 4.74 Å². The largest absolute Gasteiger partial charge is 0.388 e. The molecule has 0 bridgehead atoms. The number of fused-ring (bicyclic) bond motifs is 1. The standard InChI is InChI=1S/C20H29N5O4/c1-4-15(26)22-19(2)7-12-29-20(18(19)28)5-8-24(9-6-20)17(27)14-13-21-25-11-10-23(3)16(14)25/h10-11,13,18,28H,4-9,12H2,1-3H3,(H,22,26)/t18-,19+/m1/s1. The number of carbonyl (C=O) groups excluding carboxylic acids is 2. The summed E-state index contributed by atoms with van der Waals surface area (Å²) in [7, 11) is 1.89. The number of aromatic nitrogens is 3. The van der Waals surface area contributed by atoms with E-state index >= 15 is 0 Å². The van der Waals surface area contributed by atoms with Crippen LogP contribution in [0.15, 0.2) is 18.6 Å². The summed E-state index contributed by atoms with van der Waals surface area (Å²) in [5.74, 6) is -0.145. The molecule has 1 spiro atoms. The third-order valence-corrected chi connectivity index (χ3v) is 6.52. The van der Waals surface area contributed by atoms with E-state index in [1.807, 2.05) is 30.9 Å². The summed E-state index contributed by atoms with van der Waals surface area (Å²) in [5, 5.41) is 18.4. The molecule has 2 atom stereocenters. The Labute approximate surface area is 169 Å². The SMILES string of the molecule is CCC(=O)N[C@@]1(C)CCOC2(CCN(C(=O)c3cnn4ccn(C)c34)CC2)[C@@H]1O. The van der Waals surface area contributed by atoms with E-state index in [9.17, 15) is 14.7 Å². The van der Waals surface area contributed by atoms with Crippen LogP contribution in [0.25, 0.3) is 5.65 Å². The fraction of sp³-hybridized carbons (Fsp3) is 0.650. The lowest BCUT2D eigenvalue weighted by Gasteiger charge is -2.53. The van der Waals surface area contributed by atoms with Crippen molar-refractivity contribution in [3.8, 4) is 0 Å². The summed E-state index contributed by atoms with van der Waals surface area (Å²) in [6, 6.07) is 0. The second-order valence-corrected chi connectivity index (χ2v) is 8.41. The first-order chi connectivity index (χ1) is 13.8. The van der Waals surface area contributed by atoms with Crippen molar-refractivity contribution in [2.24, 2.45) is 7.05 Å². The molecule has 2 saturated heterocycles. The Kier molecular flexibility index (Phi) is 4.90. The number of carbonyl (C=O) groups is 2. The number of imidazole rings is 1. The third kappa shape index (κ3) is 3.22. The molecule has 4 rings (SSSR count). The van der Waals surface area contributed by atoms with E-state index in [-0.39, 0.29) is 11.8 Å². The highest BCUT2D eigenvalue weighted by molar-refractivity contribution is 5.99. The van der Waals surface area contributed by atoms with Gasteiger partial charge in [-0.3, -0.25) is 9.59 Å². The van der Waals surface area contributed by atoms with Crippen LogP contribution in [0, 0.1) is 0 Å². The van der Waals surface area contributed by atoms with Gasteiger partial charge in [0.15, 0.2) is 0 Å². The number of amides is 2. The molecule has 9 nitrogen and oxygen atoms in total. The Morgan fingerprint density at radius 1 is 1.31 bits per heavy atom. The van der Waals surface area contributed by atoms with Crippen molar-refractivity contribution in [2.75, 3.05) is 19.7 Å². The smallest absolute Gasteiger partial charge is 0.259 e. The van der Waals surface area contributed by atoms with E-state index in [0.717, 1.165) is 5.65 Å². The molecule has 0 unspecified atom stereocenters. The Hall–Kier alpha value is -2.39. The van der Waals surface area contributed by atoms with Gasteiger partial charge in [-0.15, -0.1) is 0 Å². The van der Waals surface area contributed by atoms with Crippen LogP contribution >= 0.6 is 0 Å². The fourth-order valence-corrected chi connectivity index (χ4v) is 4.68. The molecule has 158 valence electrons. The highest BCUT2D eigenvalue weighted by Crippen LogP contribution is 2.40. The van der Waals surface area contributed by atoms with Gasteiger partial charge >= 0.3 is 0 Å². The van der Waals surface area contributed by atoms with E-state index in [0.29, 0.717) is 50.9 Å². The topological polar surface area (TPSA) is 101 Å². The number of aliphatic hydroxyl groups is 1. The van der Waals surface area contributed by atoms with Crippen LogP contribution in [0.3, 0.4) is 0 Å². The highest BCUT2D eigenvalue weighted by atomic mass is 16.5. The number of piperidine rings is 1. The van der Waals surface area contributed by atoms with Crippen molar-refractivity contribution < 1.29 is 19.4 Å². The number of likely N-dealkylation sites (tertiary alicyclic amines) is 1. The molecule has 2 aromatic heterocycles. The normalized spacial score (nSPS) is 26.8. The summed E-state index contributed by atoms with van der Waals surface area (Å²) >= 11 is 0. The maximum Gasteiger partial charge on any atom is 0.259 e. The first-order valence-corrected chi connectivity index (χ1v) is 10.2. The zero-order chi connectivity index (χ0) is 20.8. The molecular formula is C20H29N5O4. The molecule has 2 fully saturated rings. The fourth-order valence-electron chi connectivity index (χ4n) is 4.68. The first kappa shape index (κ1) is 19.9. The van der Waals surface area contributed by atoms with Gasteiger partial charge in [-0.2, -0.15) is 5.10 Å². The number of aryl methyl sites for hydroxylation is 1. The lowest BCUT2D eigenvalue weighted by molar-refractivity contribution is -0.205. The van der Waals surface area contributed by atoms with Crippen molar-refractivity contribution in [3.05, 3.63) is 24.2 Å². The molecule has 2 aliphatic heterocycles. The predicted molar refractivity (Wildman–Crippen MR) is 105 cm³/mol. The van der Waals surface area contributed by atoms with E-state index in [1.165, 1.54) is 0 Å². The molecule has 2 N–H and O–H groups in total. The van der Waals surface area contributed by atoms with E-state index in [1.54, 1.807) is 22.5 Å². The number of ether oxygens (including phenoxy) is 1. The number of hydrogen-bond donors (Lipinski definition) is 2. The summed E-state index contributed by atoms with van der Waals surface area (Å²) in [5.41, 5.74) is -0.138. The highest BCUT2D eigenvalue weighted by Gasteiger charge is 2.54. The minimum atomic E-state index is -0.827. The van der Waals surface area contributed by atoms with Gasteiger partial charge in [0.05, 0.1) is 17.3 Å². The van der Waals surface area contributed by atoms with Crippen molar-refractivity contribution in [3.63, 3.8) is 0 Å². The summed E-state index contributed by atoms with van der Waals surface area (Å²) in [6.45, 7) is 5.11. The maximum absolute atomic E-state index is 13.1. The van der Waals surface area contributed by atoms with Crippen molar-refractivity contribution in [1.29, 1.82) is 0 Å². The van der Waals surface area contributed by atoms with Gasteiger partial charge in [0.2, 0.25) is 5.91 Å². The Balaban J connectivity index is 1.49. The quantitative estimate of drug-likeness (QED) is 0.786. The number of hydrogen-bond acceptors (Lipinski definition) is 5. The second-order valence-electron chi connectivity index (χ2n) is 8.41. The molecule has 0 radical (unpaired) electrons. The Morgan fingerprint density at radius 2 is 2.03 bits per heavy atom. The maximum atomic E-state index is 13.1. The molecule has 2 amide bonds. The van der Waals surface area contributed by atoms with Crippen LogP contribution < -0.4 is 5.32 Å².